The number of nitrogens with zero attached hydrogens (tertiary/aromatic N) is 1. The highest BCUT2D eigenvalue weighted by molar-refractivity contribution is 5.38. The zero-order chi connectivity index (χ0) is 7.40. The van der Waals surface area contributed by atoms with Crippen molar-refractivity contribution in [2.75, 3.05) is 0 Å². The third-order valence-electron chi connectivity index (χ3n) is 1.28. The zero-order valence-corrected chi connectivity index (χ0v) is 5.54. The monoisotopic (exact) mass is 129 g/mol. The molecule has 1 aromatic rings. The quantitative estimate of drug-likeness (QED) is 0.568. The average molecular weight is 129 g/mol. The van der Waals surface area contributed by atoms with E-state index < -0.39 is 0 Å². The summed E-state index contributed by atoms with van der Waals surface area (Å²) < 4.78 is 0. The molecule has 1 heteroatoms. The minimum atomic E-state index is 0.893. The number of benzene rings is 1. The molecule has 0 fully saturated rings. The van der Waals surface area contributed by atoms with E-state index in [9.17, 15) is 0 Å². The van der Waals surface area contributed by atoms with E-state index in [1.54, 1.807) is 0 Å². The summed E-state index contributed by atoms with van der Waals surface area (Å²) in [5.74, 6) is 0. The lowest BCUT2D eigenvalue weighted by Crippen LogP contribution is -1.82. The third kappa shape index (κ3) is 1.35. The molecule has 10 heavy (non-hydrogen) atoms. The first kappa shape index (κ1) is 6.82. The van der Waals surface area contributed by atoms with Gasteiger partial charge in [-0.05, 0) is 18.1 Å². The van der Waals surface area contributed by atoms with Crippen molar-refractivity contribution in [2.45, 2.75) is 0 Å². The maximum Gasteiger partial charge on any atom is 0.0914 e. The number of nitriles is 1. The van der Waals surface area contributed by atoms with E-state index in [0.717, 1.165) is 11.1 Å². The number of hydrogen-bond acceptors (Lipinski definition) is 1. The van der Waals surface area contributed by atoms with Crippen LogP contribution >= 0.6 is 0 Å². The molecule has 0 saturated carbocycles. The Morgan fingerprint density at radius 1 is 1.40 bits per heavy atom. The molecule has 1 nitrogen and oxygen atoms in total. The molecule has 0 bridgehead atoms. The highest BCUT2D eigenvalue weighted by Gasteiger charge is 1.93. The topological polar surface area (TPSA) is 23.8 Å². The second kappa shape index (κ2) is 3.03. The summed E-state index contributed by atoms with van der Waals surface area (Å²) in [5.41, 5.74) is 1.79. The van der Waals surface area contributed by atoms with Gasteiger partial charge in [0.2, 0.25) is 0 Å². The fraction of sp³-hybridized carbons (Fsp3) is 0. The van der Waals surface area contributed by atoms with Gasteiger partial charge >= 0.3 is 0 Å². The van der Waals surface area contributed by atoms with Gasteiger partial charge in [-0.15, -0.1) is 0 Å². The molecule has 2 radical (unpaired) electrons. The fourth-order valence-electron chi connectivity index (χ4n) is 0.745. The minimum Gasteiger partial charge on any atom is -0.198 e. The summed E-state index contributed by atoms with van der Waals surface area (Å²) in [6, 6.07) is 9.49. The highest BCUT2D eigenvalue weighted by atomic mass is 14.2. The van der Waals surface area contributed by atoms with Crippen molar-refractivity contribution in [3.05, 3.63) is 48.7 Å². The smallest absolute Gasteiger partial charge is 0.0914 e. The van der Waals surface area contributed by atoms with E-state index >= 15 is 0 Å². The van der Waals surface area contributed by atoms with Gasteiger partial charge < -0.3 is 0 Å². The van der Waals surface area contributed by atoms with Crippen molar-refractivity contribution in [1.29, 1.82) is 5.26 Å². The van der Waals surface area contributed by atoms with Crippen molar-refractivity contribution in [3.63, 3.8) is 0 Å². The lowest BCUT2D eigenvalue weighted by atomic mass is 10.1. The lowest BCUT2D eigenvalue weighted by molar-refractivity contribution is 1.43. The molecule has 0 N–H and O–H groups in total. The second-order valence-corrected chi connectivity index (χ2v) is 1.97. The van der Waals surface area contributed by atoms with Crippen molar-refractivity contribution < 1.29 is 0 Å². The van der Waals surface area contributed by atoms with Gasteiger partial charge in [0.15, 0.2) is 0 Å². The van der Waals surface area contributed by atoms with Crippen molar-refractivity contribution in [1.82, 2.24) is 0 Å². The second-order valence-electron chi connectivity index (χ2n) is 1.97. The van der Waals surface area contributed by atoms with Gasteiger partial charge in [0.05, 0.1) is 12.5 Å². The summed E-state index contributed by atoms with van der Waals surface area (Å²) in [6.07, 6.45) is 1.49. The molecule has 0 spiro atoms. The van der Waals surface area contributed by atoms with Gasteiger partial charge in [-0.1, -0.05) is 24.3 Å². The summed E-state index contributed by atoms with van der Waals surface area (Å²) in [5, 5.41) is 8.31. The Morgan fingerprint density at radius 2 is 2.10 bits per heavy atom. The standard InChI is InChI=1S/C9H7N/c1-8-4-2-3-5-9(8)6-7-10/h2-6H,1H2. The van der Waals surface area contributed by atoms with E-state index in [4.69, 9.17) is 5.26 Å². The molecule has 0 atom stereocenters. The van der Waals surface area contributed by atoms with Gasteiger partial charge in [-0.3, -0.25) is 0 Å². The van der Waals surface area contributed by atoms with Crippen LogP contribution in [0.1, 0.15) is 11.1 Å². The van der Waals surface area contributed by atoms with E-state index in [1.165, 1.54) is 6.42 Å². The molecular weight excluding hydrogens is 122 g/mol. The SMILES string of the molecule is [CH2]c1ccccc1[CH]C#N. The van der Waals surface area contributed by atoms with Crippen LogP contribution in [0.25, 0.3) is 0 Å². The van der Waals surface area contributed by atoms with Crippen molar-refractivity contribution in [3.8, 4) is 6.07 Å². The predicted molar refractivity (Wildman–Crippen MR) is 39.9 cm³/mol. The van der Waals surface area contributed by atoms with Crippen LogP contribution in [-0.2, 0) is 0 Å². The molecule has 0 aliphatic carbocycles. The van der Waals surface area contributed by atoms with Gasteiger partial charge in [0, 0.05) is 0 Å². The summed E-state index contributed by atoms with van der Waals surface area (Å²) in [6.45, 7) is 3.76. The Hall–Kier alpha value is -1.29. The van der Waals surface area contributed by atoms with E-state index in [-0.39, 0.29) is 0 Å². The number of rotatable bonds is 1. The molecular formula is C9H7N. The summed E-state index contributed by atoms with van der Waals surface area (Å²) in [4.78, 5) is 0. The molecule has 0 unspecified atom stereocenters. The molecule has 0 aliphatic heterocycles. The fourth-order valence-corrected chi connectivity index (χ4v) is 0.745. The van der Waals surface area contributed by atoms with Crippen LogP contribution in [0.2, 0.25) is 0 Å². The van der Waals surface area contributed by atoms with Crippen LogP contribution < -0.4 is 0 Å². The van der Waals surface area contributed by atoms with Crippen LogP contribution in [0.4, 0.5) is 0 Å². The van der Waals surface area contributed by atoms with Gasteiger partial charge in [-0.2, -0.15) is 5.26 Å². The van der Waals surface area contributed by atoms with Gasteiger partial charge in [0.25, 0.3) is 0 Å². The molecule has 1 aromatic carbocycles. The Morgan fingerprint density at radius 3 is 2.70 bits per heavy atom. The summed E-state index contributed by atoms with van der Waals surface area (Å²) in [7, 11) is 0. The Labute approximate surface area is 60.9 Å². The van der Waals surface area contributed by atoms with E-state index in [2.05, 4.69) is 6.92 Å². The lowest BCUT2D eigenvalue weighted by Gasteiger charge is -1.96. The summed E-state index contributed by atoms with van der Waals surface area (Å²) >= 11 is 0. The Balaban J connectivity index is 2.94. The van der Waals surface area contributed by atoms with Crippen LogP contribution in [0, 0.1) is 24.7 Å². The largest absolute Gasteiger partial charge is 0.198 e. The Bertz CT molecular complexity index is 258. The third-order valence-corrected chi connectivity index (χ3v) is 1.28. The molecule has 0 aromatic heterocycles. The van der Waals surface area contributed by atoms with E-state index in [0.29, 0.717) is 0 Å². The average Bonchev–Trinajstić information content (AvgIpc) is 1.94. The Kier molecular flexibility index (Phi) is 2.07. The first-order valence-corrected chi connectivity index (χ1v) is 2.98. The maximum absolute atomic E-state index is 8.31. The maximum atomic E-state index is 8.31. The molecule has 48 valence electrons. The first-order valence-electron chi connectivity index (χ1n) is 2.98. The molecule has 0 aliphatic rings. The predicted octanol–water partition coefficient (Wildman–Crippen LogP) is 1.94. The van der Waals surface area contributed by atoms with Crippen LogP contribution in [0.3, 0.4) is 0 Å². The normalized spacial score (nSPS) is 8.80. The molecule has 0 amide bonds. The van der Waals surface area contributed by atoms with Crippen LogP contribution in [0.15, 0.2) is 24.3 Å². The number of hydrogen-bond donors (Lipinski definition) is 0. The minimum absolute atomic E-state index is 0.893. The zero-order valence-electron chi connectivity index (χ0n) is 5.54. The molecule has 0 saturated heterocycles. The first-order chi connectivity index (χ1) is 4.84. The van der Waals surface area contributed by atoms with Crippen LogP contribution in [-0.4, -0.2) is 0 Å². The van der Waals surface area contributed by atoms with Crippen LogP contribution in [0.5, 0.6) is 0 Å². The van der Waals surface area contributed by atoms with Crippen molar-refractivity contribution >= 4 is 0 Å². The van der Waals surface area contributed by atoms with Crippen molar-refractivity contribution in [2.24, 2.45) is 0 Å². The molecule has 0 heterocycles. The molecule has 1 rings (SSSR count). The van der Waals surface area contributed by atoms with Gasteiger partial charge in [-0.25, -0.2) is 0 Å². The highest BCUT2D eigenvalue weighted by Crippen LogP contribution is 2.07. The van der Waals surface area contributed by atoms with E-state index in [1.807, 2.05) is 30.3 Å². The van der Waals surface area contributed by atoms with Gasteiger partial charge in [0.1, 0.15) is 0 Å².